The lowest BCUT2D eigenvalue weighted by Crippen LogP contribution is -2.40. The number of aryl methyl sites for hydroxylation is 1. The van der Waals surface area contributed by atoms with Gasteiger partial charge in [-0.3, -0.25) is 9.29 Å². The van der Waals surface area contributed by atoms with E-state index in [0.29, 0.717) is 9.87 Å². The fourth-order valence-electron chi connectivity index (χ4n) is 1.86. The number of sulfonamides is 1. The van der Waals surface area contributed by atoms with Crippen LogP contribution in [0.2, 0.25) is 0 Å². The topological polar surface area (TPSA) is 50.3 Å². The summed E-state index contributed by atoms with van der Waals surface area (Å²) >= 11 is 0. The van der Waals surface area contributed by atoms with E-state index in [9.17, 15) is 21.6 Å². The van der Waals surface area contributed by atoms with Crippen molar-refractivity contribution in [2.24, 2.45) is 0 Å². The average Bonchev–Trinajstić information content (AvgIpc) is 2.44. The largest absolute Gasteiger partial charge is 0.516 e. The number of alkyl halides is 3. The maximum Gasteiger partial charge on any atom is 0.516 e. The maximum absolute atomic E-state index is 12.9. The van der Waals surface area contributed by atoms with Crippen LogP contribution in [-0.2, 0) is 16.6 Å². The van der Waals surface area contributed by atoms with Gasteiger partial charge in [-0.2, -0.15) is 21.6 Å². The van der Waals surface area contributed by atoms with Gasteiger partial charge in [0.1, 0.15) is 0 Å². The predicted octanol–water partition coefficient (Wildman–Crippen LogP) is 3.25. The molecule has 0 aliphatic heterocycles. The van der Waals surface area contributed by atoms with Crippen LogP contribution >= 0.6 is 0 Å². The minimum absolute atomic E-state index is 0.0528. The first-order valence-corrected chi connectivity index (χ1v) is 7.71. The van der Waals surface area contributed by atoms with E-state index in [1.54, 1.807) is 25.1 Å². The summed E-state index contributed by atoms with van der Waals surface area (Å²) < 4.78 is 62.8. The van der Waals surface area contributed by atoms with Gasteiger partial charge in [-0.1, -0.05) is 18.2 Å². The summed E-state index contributed by atoms with van der Waals surface area (Å²) in [7, 11) is -5.51. The fourth-order valence-corrected chi connectivity index (χ4v) is 2.81. The Hall–Kier alpha value is -2.09. The first kappa shape index (κ1) is 16.3. The zero-order chi connectivity index (χ0) is 16.4. The number of nitrogens with zero attached hydrogens (tertiary/aromatic N) is 2. The molecule has 0 N–H and O–H groups in total. The molecule has 1 heterocycles. The Morgan fingerprint density at radius 1 is 1.14 bits per heavy atom. The number of aromatic nitrogens is 1. The maximum atomic E-state index is 12.9. The van der Waals surface area contributed by atoms with E-state index in [4.69, 9.17) is 0 Å². The van der Waals surface area contributed by atoms with Crippen molar-refractivity contribution in [2.75, 3.05) is 4.31 Å². The Kier molecular flexibility index (Phi) is 4.41. The average molecular weight is 330 g/mol. The van der Waals surface area contributed by atoms with Crippen molar-refractivity contribution >= 4 is 15.7 Å². The van der Waals surface area contributed by atoms with Crippen LogP contribution in [-0.4, -0.2) is 18.9 Å². The van der Waals surface area contributed by atoms with Crippen molar-refractivity contribution in [3.05, 3.63) is 59.9 Å². The van der Waals surface area contributed by atoms with Crippen LogP contribution in [0.3, 0.4) is 0 Å². The third kappa shape index (κ3) is 3.38. The Balaban J connectivity index is 2.50. The van der Waals surface area contributed by atoms with Gasteiger partial charge < -0.3 is 0 Å². The molecule has 2 aromatic rings. The molecule has 118 valence electrons. The second-order valence-corrected chi connectivity index (χ2v) is 6.47. The molecular weight excluding hydrogens is 317 g/mol. The molecule has 0 atom stereocenters. The minimum atomic E-state index is -5.51. The van der Waals surface area contributed by atoms with Gasteiger partial charge in [0.25, 0.3) is 0 Å². The SMILES string of the molecule is Cc1cccc(N(Cc2ccccn2)S(=O)(=O)C(F)(F)F)c1. The molecular formula is C14H13F3N2O2S. The van der Waals surface area contributed by atoms with Crippen LogP contribution in [0.15, 0.2) is 48.7 Å². The molecule has 0 saturated heterocycles. The van der Waals surface area contributed by atoms with Crippen molar-refractivity contribution in [3.63, 3.8) is 0 Å². The molecule has 0 aliphatic carbocycles. The van der Waals surface area contributed by atoms with E-state index in [1.807, 2.05) is 0 Å². The number of anilines is 1. The van der Waals surface area contributed by atoms with E-state index in [2.05, 4.69) is 4.98 Å². The summed E-state index contributed by atoms with van der Waals surface area (Å²) in [6.07, 6.45) is 1.39. The molecule has 0 bridgehead atoms. The number of pyridine rings is 1. The lowest BCUT2D eigenvalue weighted by atomic mass is 10.2. The summed E-state index contributed by atoms with van der Waals surface area (Å²) in [4.78, 5) is 3.89. The second kappa shape index (κ2) is 5.96. The van der Waals surface area contributed by atoms with E-state index in [-0.39, 0.29) is 11.4 Å². The van der Waals surface area contributed by atoms with E-state index < -0.39 is 22.1 Å². The van der Waals surface area contributed by atoms with Gasteiger partial charge in [0.2, 0.25) is 0 Å². The van der Waals surface area contributed by atoms with Gasteiger partial charge in [-0.15, -0.1) is 0 Å². The highest BCUT2D eigenvalue weighted by Crippen LogP contribution is 2.32. The van der Waals surface area contributed by atoms with Gasteiger partial charge in [-0.05, 0) is 36.8 Å². The fraction of sp³-hybridized carbons (Fsp3) is 0.214. The van der Waals surface area contributed by atoms with Crippen molar-refractivity contribution in [3.8, 4) is 0 Å². The number of rotatable bonds is 4. The van der Waals surface area contributed by atoms with Crippen LogP contribution in [0.25, 0.3) is 0 Å². The van der Waals surface area contributed by atoms with Gasteiger partial charge in [0.15, 0.2) is 0 Å². The second-order valence-electron chi connectivity index (χ2n) is 4.62. The number of hydrogen-bond acceptors (Lipinski definition) is 3. The minimum Gasteiger partial charge on any atom is -0.259 e. The Morgan fingerprint density at radius 2 is 1.86 bits per heavy atom. The molecule has 0 radical (unpaired) electrons. The van der Waals surface area contributed by atoms with Crippen molar-refractivity contribution < 1.29 is 21.6 Å². The zero-order valence-corrected chi connectivity index (χ0v) is 12.4. The van der Waals surface area contributed by atoms with Gasteiger partial charge in [0, 0.05) is 6.20 Å². The van der Waals surface area contributed by atoms with Crippen LogP contribution in [0, 0.1) is 6.92 Å². The van der Waals surface area contributed by atoms with Crippen molar-refractivity contribution in [1.82, 2.24) is 4.98 Å². The molecule has 0 unspecified atom stereocenters. The van der Waals surface area contributed by atoms with Gasteiger partial charge in [0.05, 0.1) is 17.9 Å². The highest BCUT2D eigenvalue weighted by Gasteiger charge is 2.50. The summed E-state index contributed by atoms with van der Waals surface area (Å²) in [6, 6.07) is 10.5. The summed E-state index contributed by atoms with van der Waals surface area (Å²) in [5.74, 6) is 0. The lowest BCUT2D eigenvalue weighted by molar-refractivity contribution is -0.0438. The smallest absolute Gasteiger partial charge is 0.259 e. The third-order valence-corrected chi connectivity index (χ3v) is 4.41. The van der Waals surface area contributed by atoms with Gasteiger partial charge in [-0.25, -0.2) is 0 Å². The van der Waals surface area contributed by atoms with E-state index in [0.717, 1.165) is 0 Å². The molecule has 0 fully saturated rings. The third-order valence-electron chi connectivity index (χ3n) is 2.90. The van der Waals surface area contributed by atoms with Gasteiger partial charge >= 0.3 is 15.5 Å². The first-order valence-electron chi connectivity index (χ1n) is 6.27. The lowest BCUT2D eigenvalue weighted by Gasteiger charge is -2.25. The molecule has 0 spiro atoms. The van der Waals surface area contributed by atoms with E-state index >= 15 is 0 Å². The molecule has 22 heavy (non-hydrogen) atoms. The molecule has 0 saturated carbocycles. The summed E-state index contributed by atoms with van der Waals surface area (Å²) in [6.45, 7) is 1.18. The monoisotopic (exact) mass is 330 g/mol. The normalized spacial score (nSPS) is 12.2. The molecule has 0 amide bonds. The number of hydrogen-bond donors (Lipinski definition) is 0. The number of benzene rings is 1. The molecule has 0 aliphatic rings. The predicted molar refractivity (Wildman–Crippen MR) is 76.6 cm³/mol. The summed E-state index contributed by atoms with van der Waals surface area (Å²) in [5, 5.41) is 0. The highest BCUT2D eigenvalue weighted by atomic mass is 32.2. The van der Waals surface area contributed by atoms with Crippen LogP contribution in [0.1, 0.15) is 11.3 Å². The highest BCUT2D eigenvalue weighted by molar-refractivity contribution is 7.93. The summed E-state index contributed by atoms with van der Waals surface area (Å²) in [5.41, 5.74) is -4.56. The first-order chi connectivity index (χ1) is 10.2. The van der Waals surface area contributed by atoms with Crippen LogP contribution in [0.5, 0.6) is 0 Å². The molecule has 4 nitrogen and oxygen atoms in total. The molecule has 1 aromatic heterocycles. The standard InChI is InChI=1S/C14H13F3N2O2S/c1-11-5-4-7-13(9-11)19(22(20,21)14(15,16)17)10-12-6-2-3-8-18-12/h2-9H,10H2,1H3. The van der Waals surface area contributed by atoms with Crippen LogP contribution in [0.4, 0.5) is 18.9 Å². The van der Waals surface area contributed by atoms with Crippen molar-refractivity contribution in [2.45, 2.75) is 19.0 Å². The quantitative estimate of drug-likeness (QED) is 0.865. The Labute approximate surface area is 126 Å². The Bertz CT molecular complexity index is 746. The molecule has 8 heteroatoms. The molecule has 1 aromatic carbocycles. The Morgan fingerprint density at radius 3 is 2.41 bits per heavy atom. The molecule has 2 rings (SSSR count). The number of halogens is 3. The van der Waals surface area contributed by atoms with Crippen LogP contribution < -0.4 is 4.31 Å². The van der Waals surface area contributed by atoms with E-state index in [1.165, 1.54) is 30.5 Å². The van der Waals surface area contributed by atoms with Crippen molar-refractivity contribution in [1.29, 1.82) is 0 Å². The zero-order valence-electron chi connectivity index (χ0n) is 11.6.